The van der Waals surface area contributed by atoms with Crippen molar-refractivity contribution in [1.82, 2.24) is 15.5 Å². The van der Waals surface area contributed by atoms with Crippen molar-refractivity contribution in [2.75, 3.05) is 13.1 Å². The van der Waals surface area contributed by atoms with Gasteiger partial charge in [-0.1, -0.05) is 41.9 Å². The van der Waals surface area contributed by atoms with Gasteiger partial charge < -0.3 is 10.1 Å². The SMILES string of the molecule is Clc1ccc(-c2nnc(O[C@H]3CCNC3)c3ccccc23)cc1. The van der Waals surface area contributed by atoms with Crippen LogP contribution in [0.2, 0.25) is 5.02 Å². The van der Waals surface area contributed by atoms with Crippen LogP contribution in [-0.4, -0.2) is 29.4 Å². The summed E-state index contributed by atoms with van der Waals surface area (Å²) in [7, 11) is 0. The molecule has 0 aliphatic carbocycles. The second-order valence-electron chi connectivity index (χ2n) is 5.64. The molecule has 4 nitrogen and oxygen atoms in total. The molecule has 1 aliphatic heterocycles. The van der Waals surface area contributed by atoms with Gasteiger partial charge in [0.15, 0.2) is 0 Å². The highest BCUT2D eigenvalue weighted by Crippen LogP contribution is 2.31. The Bertz CT molecular complexity index is 829. The summed E-state index contributed by atoms with van der Waals surface area (Å²) in [5.41, 5.74) is 1.83. The van der Waals surface area contributed by atoms with Crippen molar-refractivity contribution in [3.8, 4) is 17.1 Å². The third-order valence-corrected chi connectivity index (χ3v) is 4.32. The molecule has 23 heavy (non-hydrogen) atoms. The molecular formula is C18H16ClN3O. The minimum absolute atomic E-state index is 0.161. The molecule has 3 aromatic rings. The van der Waals surface area contributed by atoms with E-state index < -0.39 is 0 Å². The molecule has 0 unspecified atom stereocenters. The number of hydrogen-bond acceptors (Lipinski definition) is 4. The Morgan fingerprint density at radius 3 is 2.52 bits per heavy atom. The third kappa shape index (κ3) is 2.87. The number of fused-ring (bicyclic) bond motifs is 1. The molecule has 1 aromatic heterocycles. The molecule has 2 aromatic carbocycles. The van der Waals surface area contributed by atoms with Crippen LogP contribution in [0.25, 0.3) is 22.0 Å². The zero-order valence-electron chi connectivity index (χ0n) is 12.5. The minimum atomic E-state index is 0.161. The van der Waals surface area contributed by atoms with Crippen LogP contribution < -0.4 is 10.1 Å². The Balaban J connectivity index is 1.79. The summed E-state index contributed by atoms with van der Waals surface area (Å²) < 4.78 is 6.04. The summed E-state index contributed by atoms with van der Waals surface area (Å²) in [6.45, 7) is 1.84. The number of nitrogens with zero attached hydrogens (tertiary/aromatic N) is 2. The van der Waals surface area contributed by atoms with Crippen molar-refractivity contribution in [1.29, 1.82) is 0 Å². The van der Waals surface area contributed by atoms with Crippen LogP contribution in [0.3, 0.4) is 0 Å². The molecule has 116 valence electrons. The molecule has 1 aliphatic rings. The first-order valence-corrected chi connectivity index (χ1v) is 8.08. The van der Waals surface area contributed by atoms with E-state index in [9.17, 15) is 0 Å². The van der Waals surface area contributed by atoms with Gasteiger partial charge in [0, 0.05) is 27.9 Å². The van der Waals surface area contributed by atoms with Gasteiger partial charge in [0.05, 0.1) is 0 Å². The fourth-order valence-electron chi connectivity index (χ4n) is 2.87. The Morgan fingerprint density at radius 2 is 1.78 bits per heavy atom. The van der Waals surface area contributed by atoms with E-state index in [1.54, 1.807) is 0 Å². The first-order chi connectivity index (χ1) is 11.3. The third-order valence-electron chi connectivity index (χ3n) is 4.06. The number of benzene rings is 2. The molecule has 1 fully saturated rings. The summed E-state index contributed by atoms with van der Waals surface area (Å²) in [5.74, 6) is 0.604. The lowest BCUT2D eigenvalue weighted by atomic mass is 10.1. The predicted molar refractivity (Wildman–Crippen MR) is 91.9 cm³/mol. The normalized spacial score (nSPS) is 17.5. The first kappa shape index (κ1) is 14.4. The Kier molecular flexibility index (Phi) is 3.85. The number of hydrogen-bond donors (Lipinski definition) is 1. The molecule has 0 radical (unpaired) electrons. The lowest BCUT2D eigenvalue weighted by molar-refractivity contribution is 0.215. The molecule has 0 amide bonds. The van der Waals surface area contributed by atoms with Crippen LogP contribution in [0, 0.1) is 0 Å². The fourth-order valence-corrected chi connectivity index (χ4v) is 3.00. The zero-order chi connectivity index (χ0) is 15.6. The molecule has 1 saturated heterocycles. The van der Waals surface area contributed by atoms with Crippen LogP contribution in [0.4, 0.5) is 0 Å². The molecular weight excluding hydrogens is 310 g/mol. The van der Waals surface area contributed by atoms with E-state index in [-0.39, 0.29) is 6.10 Å². The number of aromatic nitrogens is 2. The second kappa shape index (κ2) is 6.14. The summed E-state index contributed by atoms with van der Waals surface area (Å²) >= 11 is 5.98. The van der Waals surface area contributed by atoms with Gasteiger partial charge in [-0.3, -0.25) is 0 Å². The molecule has 1 N–H and O–H groups in total. The summed E-state index contributed by atoms with van der Waals surface area (Å²) in [4.78, 5) is 0. The maximum absolute atomic E-state index is 6.04. The quantitative estimate of drug-likeness (QED) is 0.797. The van der Waals surface area contributed by atoms with Gasteiger partial charge >= 0.3 is 0 Å². The largest absolute Gasteiger partial charge is 0.471 e. The Labute approximate surface area is 139 Å². The van der Waals surface area contributed by atoms with Crippen molar-refractivity contribution < 1.29 is 4.74 Å². The molecule has 4 rings (SSSR count). The van der Waals surface area contributed by atoms with Crippen LogP contribution >= 0.6 is 11.6 Å². The maximum Gasteiger partial charge on any atom is 0.241 e. The minimum Gasteiger partial charge on any atom is -0.471 e. The fraction of sp³-hybridized carbons (Fsp3) is 0.222. The van der Waals surface area contributed by atoms with E-state index in [0.717, 1.165) is 41.5 Å². The molecule has 0 spiro atoms. The molecule has 5 heteroatoms. The number of ether oxygens (including phenoxy) is 1. The second-order valence-corrected chi connectivity index (χ2v) is 6.08. The van der Waals surface area contributed by atoms with E-state index in [0.29, 0.717) is 10.9 Å². The van der Waals surface area contributed by atoms with Gasteiger partial charge in [-0.2, -0.15) is 0 Å². The van der Waals surface area contributed by atoms with E-state index in [2.05, 4.69) is 15.5 Å². The highest BCUT2D eigenvalue weighted by molar-refractivity contribution is 6.30. The smallest absolute Gasteiger partial charge is 0.241 e. The van der Waals surface area contributed by atoms with Crippen molar-refractivity contribution in [3.05, 3.63) is 53.6 Å². The zero-order valence-corrected chi connectivity index (χ0v) is 13.3. The summed E-state index contributed by atoms with van der Waals surface area (Å²) in [6, 6.07) is 15.7. The Hall–Kier alpha value is -2.17. The standard InChI is InChI=1S/C18H16ClN3O/c19-13-7-5-12(6-8-13)17-15-3-1-2-4-16(15)18(22-21-17)23-14-9-10-20-11-14/h1-8,14,20H,9-11H2/t14-/m0/s1. The van der Waals surface area contributed by atoms with Gasteiger partial charge in [0.25, 0.3) is 0 Å². The average molecular weight is 326 g/mol. The summed E-state index contributed by atoms with van der Waals surface area (Å²) in [5, 5.41) is 14.8. The average Bonchev–Trinajstić information content (AvgIpc) is 3.09. The molecule has 0 bridgehead atoms. The lowest BCUT2D eigenvalue weighted by Crippen LogP contribution is -2.20. The van der Waals surface area contributed by atoms with E-state index >= 15 is 0 Å². The van der Waals surface area contributed by atoms with Crippen molar-refractivity contribution in [2.45, 2.75) is 12.5 Å². The Morgan fingerprint density at radius 1 is 1.00 bits per heavy atom. The van der Waals surface area contributed by atoms with Crippen LogP contribution in [0.1, 0.15) is 6.42 Å². The van der Waals surface area contributed by atoms with Crippen molar-refractivity contribution >= 4 is 22.4 Å². The van der Waals surface area contributed by atoms with E-state index in [1.165, 1.54) is 0 Å². The molecule has 0 saturated carbocycles. The van der Waals surface area contributed by atoms with Crippen LogP contribution in [0.15, 0.2) is 48.5 Å². The summed E-state index contributed by atoms with van der Waals surface area (Å²) in [6.07, 6.45) is 1.16. The maximum atomic E-state index is 6.04. The lowest BCUT2D eigenvalue weighted by Gasteiger charge is -2.14. The van der Waals surface area contributed by atoms with Gasteiger partial charge in [-0.25, -0.2) is 0 Å². The highest BCUT2D eigenvalue weighted by atomic mass is 35.5. The highest BCUT2D eigenvalue weighted by Gasteiger charge is 2.19. The van der Waals surface area contributed by atoms with Gasteiger partial charge in [0.2, 0.25) is 5.88 Å². The predicted octanol–water partition coefficient (Wildman–Crippen LogP) is 3.69. The molecule has 1 atom stereocenters. The van der Waals surface area contributed by atoms with E-state index in [4.69, 9.17) is 16.3 Å². The topological polar surface area (TPSA) is 47.0 Å². The van der Waals surface area contributed by atoms with Crippen LogP contribution in [0.5, 0.6) is 5.88 Å². The van der Waals surface area contributed by atoms with Gasteiger partial charge in [0.1, 0.15) is 11.8 Å². The first-order valence-electron chi connectivity index (χ1n) is 7.70. The number of nitrogens with one attached hydrogen (secondary N) is 1. The number of rotatable bonds is 3. The van der Waals surface area contributed by atoms with Gasteiger partial charge in [-0.05, 0) is 31.2 Å². The monoisotopic (exact) mass is 325 g/mol. The van der Waals surface area contributed by atoms with E-state index in [1.807, 2.05) is 48.5 Å². The van der Waals surface area contributed by atoms with Crippen LogP contribution in [-0.2, 0) is 0 Å². The number of halogens is 1. The van der Waals surface area contributed by atoms with Gasteiger partial charge in [-0.15, -0.1) is 10.2 Å². The van der Waals surface area contributed by atoms with Crippen molar-refractivity contribution in [3.63, 3.8) is 0 Å². The van der Waals surface area contributed by atoms with Crippen molar-refractivity contribution in [2.24, 2.45) is 0 Å². The molecule has 2 heterocycles.